The van der Waals surface area contributed by atoms with Crippen LogP contribution in [-0.2, 0) is 0 Å². The molecule has 0 aromatic heterocycles. The molecule has 2 aromatic rings. The molecule has 0 aliphatic heterocycles. The van der Waals surface area contributed by atoms with Gasteiger partial charge in [0.05, 0.1) is 0 Å². The Morgan fingerprint density at radius 3 is 1.30 bits per heavy atom. The number of aryl methyl sites for hydroxylation is 4. The maximum atomic E-state index is 10.0. The van der Waals surface area contributed by atoms with Gasteiger partial charge in [0.2, 0.25) is 0 Å². The minimum atomic E-state index is 0.195. The van der Waals surface area contributed by atoms with Crippen LogP contribution in [-0.4, -0.2) is 35.8 Å². The molecular weight excluding hydrogens is 286 g/mol. The smallest absolute Gasteiger partial charge is 0.121 e. The second kappa shape index (κ2) is 6.63. The van der Waals surface area contributed by atoms with Crippen molar-refractivity contribution in [3.05, 3.63) is 57.6 Å². The number of likely N-dealkylation sites (N-methyl/N-ethyl adjacent to an activating group) is 1. The Kier molecular flexibility index (Phi) is 5.00. The summed E-state index contributed by atoms with van der Waals surface area (Å²) in [5.74, 6) is 0.937. The van der Waals surface area contributed by atoms with Crippen LogP contribution in [0.1, 0.15) is 39.3 Å². The summed E-state index contributed by atoms with van der Waals surface area (Å²) in [6.45, 7) is 8.61. The number of phenols is 2. The summed E-state index contributed by atoms with van der Waals surface area (Å²) in [7, 11) is 4.13. The fourth-order valence-corrected chi connectivity index (χ4v) is 3.15. The van der Waals surface area contributed by atoms with Crippen LogP contribution in [0.3, 0.4) is 0 Å². The van der Waals surface area contributed by atoms with Crippen LogP contribution < -0.4 is 0 Å². The van der Waals surface area contributed by atoms with Gasteiger partial charge in [-0.2, -0.15) is 0 Å². The fraction of sp³-hybridized carbons (Fsp3) is 0.400. The van der Waals surface area contributed by atoms with Gasteiger partial charge in [-0.25, -0.2) is 0 Å². The van der Waals surface area contributed by atoms with Crippen molar-refractivity contribution in [3.8, 4) is 11.5 Å². The van der Waals surface area contributed by atoms with Gasteiger partial charge >= 0.3 is 0 Å². The molecule has 0 fully saturated rings. The molecule has 0 amide bonds. The topological polar surface area (TPSA) is 43.7 Å². The molecule has 0 heterocycles. The molecule has 0 aliphatic carbocycles. The molecule has 2 rings (SSSR count). The number of phenolic OH excluding ortho intramolecular Hbond substituents is 2. The molecule has 0 bridgehead atoms. The minimum Gasteiger partial charge on any atom is -0.507 e. The van der Waals surface area contributed by atoms with Gasteiger partial charge in [0, 0.05) is 12.5 Å². The lowest BCUT2D eigenvalue weighted by Gasteiger charge is -2.24. The van der Waals surface area contributed by atoms with Crippen molar-refractivity contribution in [1.29, 1.82) is 0 Å². The molecule has 3 heteroatoms. The molecule has 0 unspecified atom stereocenters. The lowest BCUT2D eigenvalue weighted by molar-refractivity contribution is 0.391. The number of benzene rings is 2. The number of rotatable bonds is 4. The van der Waals surface area contributed by atoms with Crippen LogP contribution in [0.25, 0.3) is 0 Å². The van der Waals surface area contributed by atoms with Crippen LogP contribution in [0.2, 0.25) is 0 Å². The number of nitrogens with zero attached hydrogens (tertiary/aromatic N) is 1. The Labute approximate surface area is 139 Å². The Bertz CT molecular complexity index is 616. The fourth-order valence-electron chi connectivity index (χ4n) is 3.15. The summed E-state index contributed by atoms with van der Waals surface area (Å²) in [4.78, 5) is 2.17. The van der Waals surface area contributed by atoms with Crippen LogP contribution in [0.5, 0.6) is 11.5 Å². The maximum Gasteiger partial charge on any atom is 0.121 e. The van der Waals surface area contributed by atoms with Crippen molar-refractivity contribution in [2.75, 3.05) is 20.6 Å². The highest BCUT2D eigenvalue weighted by Crippen LogP contribution is 2.34. The molecule has 2 N–H and O–H groups in total. The third-order valence-corrected chi connectivity index (χ3v) is 4.38. The molecule has 3 nitrogen and oxygen atoms in total. The van der Waals surface area contributed by atoms with Gasteiger partial charge in [-0.1, -0.05) is 24.3 Å². The van der Waals surface area contributed by atoms with Crippen LogP contribution in [0.15, 0.2) is 24.3 Å². The Morgan fingerprint density at radius 2 is 1.04 bits per heavy atom. The van der Waals surface area contributed by atoms with Crippen LogP contribution in [0.4, 0.5) is 0 Å². The van der Waals surface area contributed by atoms with Gasteiger partial charge in [0.25, 0.3) is 0 Å². The summed E-state index contributed by atoms with van der Waals surface area (Å²) >= 11 is 0. The average Bonchev–Trinajstić information content (AvgIpc) is 2.46. The molecule has 23 heavy (non-hydrogen) atoms. The molecule has 0 atom stereocenters. The zero-order valence-corrected chi connectivity index (χ0v) is 14.9. The summed E-state index contributed by atoms with van der Waals surface area (Å²) in [6, 6.07) is 8.25. The first-order valence-corrected chi connectivity index (χ1v) is 7.95. The molecule has 0 radical (unpaired) electrons. The highest BCUT2D eigenvalue weighted by molar-refractivity contribution is 5.49. The predicted molar refractivity (Wildman–Crippen MR) is 95.6 cm³/mol. The van der Waals surface area contributed by atoms with Crippen LogP contribution >= 0.6 is 0 Å². The van der Waals surface area contributed by atoms with Crippen LogP contribution in [0, 0.1) is 27.7 Å². The molecule has 2 aromatic carbocycles. The maximum absolute atomic E-state index is 10.0. The van der Waals surface area contributed by atoms with Gasteiger partial charge in [-0.15, -0.1) is 0 Å². The van der Waals surface area contributed by atoms with E-state index in [9.17, 15) is 10.2 Å². The standard InChI is InChI=1S/C20H27NO2/c1-12-7-16(8-13(2)19(12)22)18(11-21(5)6)17-9-14(3)20(23)15(4)10-17/h7-10,18,22-23H,11H2,1-6H3. The third kappa shape index (κ3) is 3.67. The summed E-state index contributed by atoms with van der Waals surface area (Å²) < 4.78 is 0. The van der Waals surface area contributed by atoms with E-state index in [1.165, 1.54) is 11.1 Å². The zero-order chi connectivity index (χ0) is 17.3. The van der Waals surface area contributed by atoms with Crippen molar-refractivity contribution in [1.82, 2.24) is 4.90 Å². The van der Waals surface area contributed by atoms with E-state index >= 15 is 0 Å². The van der Waals surface area contributed by atoms with Gasteiger partial charge in [0.1, 0.15) is 11.5 Å². The number of hydrogen-bond acceptors (Lipinski definition) is 3. The van der Waals surface area contributed by atoms with Gasteiger partial charge in [-0.05, 0) is 75.2 Å². The summed E-state index contributed by atoms with van der Waals surface area (Å²) in [6.07, 6.45) is 0. The van der Waals surface area contributed by atoms with E-state index in [2.05, 4.69) is 43.3 Å². The van der Waals surface area contributed by atoms with E-state index in [-0.39, 0.29) is 5.92 Å². The van der Waals surface area contributed by atoms with Gasteiger partial charge in [-0.3, -0.25) is 0 Å². The first-order valence-electron chi connectivity index (χ1n) is 7.95. The minimum absolute atomic E-state index is 0.195. The second-order valence-corrected chi connectivity index (χ2v) is 6.82. The summed E-state index contributed by atoms with van der Waals surface area (Å²) in [5.41, 5.74) is 5.98. The van der Waals surface area contributed by atoms with Crippen molar-refractivity contribution in [2.45, 2.75) is 33.6 Å². The number of aromatic hydroxyl groups is 2. The summed E-state index contributed by atoms with van der Waals surface area (Å²) in [5, 5.41) is 20.1. The van der Waals surface area contributed by atoms with E-state index in [1.807, 2.05) is 27.7 Å². The van der Waals surface area contributed by atoms with Crippen molar-refractivity contribution >= 4 is 0 Å². The largest absolute Gasteiger partial charge is 0.507 e. The SMILES string of the molecule is Cc1cc(C(CN(C)C)c2cc(C)c(O)c(C)c2)cc(C)c1O. The average molecular weight is 313 g/mol. The van der Waals surface area contributed by atoms with Crippen molar-refractivity contribution in [3.63, 3.8) is 0 Å². The predicted octanol–water partition coefficient (Wildman–Crippen LogP) is 4.02. The monoisotopic (exact) mass is 313 g/mol. The van der Waals surface area contributed by atoms with Gasteiger partial charge in [0.15, 0.2) is 0 Å². The second-order valence-electron chi connectivity index (χ2n) is 6.82. The molecule has 124 valence electrons. The first-order chi connectivity index (χ1) is 10.7. The molecule has 0 saturated heterocycles. The Morgan fingerprint density at radius 1 is 0.739 bits per heavy atom. The molecule has 0 saturated carbocycles. The molecular formula is C20H27NO2. The molecule has 0 aliphatic rings. The van der Waals surface area contributed by atoms with Gasteiger partial charge < -0.3 is 15.1 Å². The van der Waals surface area contributed by atoms with Crippen molar-refractivity contribution in [2.24, 2.45) is 0 Å². The lowest BCUT2D eigenvalue weighted by Crippen LogP contribution is -2.21. The number of hydrogen-bond donors (Lipinski definition) is 2. The quantitative estimate of drug-likeness (QED) is 0.896. The lowest BCUT2D eigenvalue weighted by atomic mass is 9.87. The van der Waals surface area contributed by atoms with E-state index in [0.717, 1.165) is 28.8 Å². The first kappa shape index (κ1) is 17.4. The third-order valence-electron chi connectivity index (χ3n) is 4.38. The van der Waals surface area contributed by atoms with Crippen molar-refractivity contribution < 1.29 is 10.2 Å². The zero-order valence-electron chi connectivity index (χ0n) is 14.9. The highest BCUT2D eigenvalue weighted by Gasteiger charge is 2.19. The highest BCUT2D eigenvalue weighted by atomic mass is 16.3. The Hall–Kier alpha value is -2.00. The van der Waals surface area contributed by atoms with E-state index in [0.29, 0.717) is 11.5 Å². The van der Waals surface area contributed by atoms with E-state index in [1.54, 1.807) is 0 Å². The van der Waals surface area contributed by atoms with E-state index < -0.39 is 0 Å². The van der Waals surface area contributed by atoms with E-state index in [4.69, 9.17) is 0 Å². The normalized spacial score (nSPS) is 11.5. The Balaban J connectivity index is 2.58. The molecule has 0 spiro atoms.